The van der Waals surface area contributed by atoms with Crippen molar-refractivity contribution in [1.29, 1.82) is 0 Å². The molecule has 0 saturated carbocycles. The van der Waals surface area contributed by atoms with Crippen LogP contribution in [0.25, 0.3) is 0 Å². The third kappa shape index (κ3) is 2.29. The monoisotopic (exact) mass is 197 g/mol. The van der Waals surface area contributed by atoms with Crippen LogP contribution in [0.1, 0.15) is 12.5 Å². The van der Waals surface area contributed by atoms with Gasteiger partial charge in [0.1, 0.15) is 5.75 Å². The minimum Gasteiger partial charge on any atom is -0.508 e. The molecule has 0 aliphatic rings. The van der Waals surface area contributed by atoms with Crippen molar-refractivity contribution in [2.24, 2.45) is 0 Å². The van der Waals surface area contributed by atoms with Crippen LogP contribution in [0.15, 0.2) is 12.1 Å². The van der Waals surface area contributed by atoms with E-state index in [1.54, 1.807) is 0 Å². The molecule has 4 N–H and O–H groups in total. The van der Waals surface area contributed by atoms with E-state index in [4.69, 9.17) is 5.11 Å². The SMILES string of the molecule is CN[C@@H](C)Cc1cc(O)c(O)cc1O. The average Bonchev–Trinajstić information content (AvgIpc) is 2.14. The maximum absolute atomic E-state index is 9.46. The fourth-order valence-corrected chi connectivity index (χ4v) is 1.20. The standard InChI is InChI=1S/C10H15NO3/c1-6(11-2)3-7-4-9(13)10(14)5-8(7)12/h4-6,11-14H,3H2,1-2H3/t6-/m0/s1. The number of likely N-dealkylation sites (N-methyl/N-ethyl adjacent to an activating group) is 1. The molecule has 0 amide bonds. The Morgan fingerprint density at radius 2 is 1.71 bits per heavy atom. The van der Waals surface area contributed by atoms with Gasteiger partial charge in [0.05, 0.1) is 0 Å². The van der Waals surface area contributed by atoms with Gasteiger partial charge in [-0.1, -0.05) is 0 Å². The quantitative estimate of drug-likeness (QED) is 0.430. The van der Waals surface area contributed by atoms with Crippen LogP contribution >= 0.6 is 0 Å². The molecule has 4 heteroatoms. The van der Waals surface area contributed by atoms with E-state index < -0.39 is 0 Å². The molecule has 0 unspecified atom stereocenters. The molecule has 0 aromatic heterocycles. The minimum atomic E-state index is -0.302. The molecule has 0 spiro atoms. The number of aromatic hydroxyl groups is 3. The predicted molar refractivity (Wildman–Crippen MR) is 53.7 cm³/mol. The highest BCUT2D eigenvalue weighted by Crippen LogP contribution is 2.32. The van der Waals surface area contributed by atoms with Crippen molar-refractivity contribution in [1.82, 2.24) is 5.32 Å². The Morgan fingerprint density at radius 1 is 1.14 bits per heavy atom. The van der Waals surface area contributed by atoms with E-state index in [1.807, 2.05) is 14.0 Å². The van der Waals surface area contributed by atoms with E-state index >= 15 is 0 Å². The van der Waals surface area contributed by atoms with Crippen LogP contribution in [0.4, 0.5) is 0 Å². The third-order valence-electron chi connectivity index (χ3n) is 2.19. The number of nitrogens with one attached hydrogen (secondary N) is 1. The fraction of sp³-hybridized carbons (Fsp3) is 0.400. The highest BCUT2D eigenvalue weighted by Gasteiger charge is 2.09. The number of rotatable bonds is 3. The van der Waals surface area contributed by atoms with Crippen LogP contribution in [0, 0.1) is 0 Å². The summed E-state index contributed by atoms with van der Waals surface area (Å²) < 4.78 is 0. The summed E-state index contributed by atoms with van der Waals surface area (Å²) in [6.07, 6.45) is 0.593. The lowest BCUT2D eigenvalue weighted by Crippen LogP contribution is -2.23. The first kappa shape index (κ1) is 10.7. The topological polar surface area (TPSA) is 72.7 Å². The van der Waals surface area contributed by atoms with Crippen LogP contribution in [0.3, 0.4) is 0 Å². The maximum Gasteiger partial charge on any atom is 0.161 e. The van der Waals surface area contributed by atoms with E-state index in [1.165, 1.54) is 6.07 Å². The lowest BCUT2D eigenvalue weighted by molar-refractivity contribution is 0.393. The van der Waals surface area contributed by atoms with Gasteiger partial charge in [0, 0.05) is 12.1 Å². The zero-order valence-electron chi connectivity index (χ0n) is 8.28. The molecule has 1 atom stereocenters. The highest BCUT2D eigenvalue weighted by molar-refractivity contribution is 5.48. The largest absolute Gasteiger partial charge is 0.508 e. The van der Waals surface area contributed by atoms with Crippen molar-refractivity contribution in [3.05, 3.63) is 17.7 Å². The molecule has 0 aliphatic carbocycles. The van der Waals surface area contributed by atoms with E-state index in [-0.39, 0.29) is 23.3 Å². The molecular weight excluding hydrogens is 182 g/mol. The fourth-order valence-electron chi connectivity index (χ4n) is 1.20. The number of hydrogen-bond acceptors (Lipinski definition) is 4. The summed E-state index contributed by atoms with van der Waals surface area (Å²) in [6, 6.07) is 2.72. The second-order valence-electron chi connectivity index (χ2n) is 3.36. The van der Waals surface area contributed by atoms with Crippen molar-refractivity contribution in [2.75, 3.05) is 7.05 Å². The van der Waals surface area contributed by atoms with Crippen molar-refractivity contribution in [2.45, 2.75) is 19.4 Å². The van der Waals surface area contributed by atoms with Gasteiger partial charge in [0.25, 0.3) is 0 Å². The molecule has 78 valence electrons. The predicted octanol–water partition coefficient (Wildman–Crippen LogP) is 0.954. The molecular formula is C10H15NO3. The summed E-state index contributed by atoms with van der Waals surface area (Å²) in [5.41, 5.74) is 0.613. The minimum absolute atomic E-state index is 0.00222. The molecule has 0 fully saturated rings. The molecule has 14 heavy (non-hydrogen) atoms. The van der Waals surface area contributed by atoms with Crippen LogP contribution in [0.5, 0.6) is 17.2 Å². The summed E-state index contributed by atoms with van der Waals surface area (Å²) in [4.78, 5) is 0. The Morgan fingerprint density at radius 3 is 2.29 bits per heavy atom. The second kappa shape index (κ2) is 4.19. The normalized spacial score (nSPS) is 12.7. The van der Waals surface area contributed by atoms with Gasteiger partial charge in [-0.25, -0.2) is 0 Å². The lowest BCUT2D eigenvalue weighted by atomic mass is 10.1. The van der Waals surface area contributed by atoms with Crippen molar-refractivity contribution in [3.8, 4) is 17.2 Å². The highest BCUT2D eigenvalue weighted by atomic mass is 16.3. The summed E-state index contributed by atoms with van der Waals surface area (Å²) in [5.74, 6) is -0.508. The van der Waals surface area contributed by atoms with Gasteiger partial charge in [-0.3, -0.25) is 0 Å². The van der Waals surface area contributed by atoms with Crippen LogP contribution in [-0.2, 0) is 6.42 Å². The number of benzene rings is 1. The van der Waals surface area contributed by atoms with Crippen LogP contribution in [0.2, 0.25) is 0 Å². The molecule has 1 aromatic carbocycles. The summed E-state index contributed by atoms with van der Waals surface area (Å²) in [7, 11) is 1.82. The van der Waals surface area contributed by atoms with Gasteiger partial charge in [0.2, 0.25) is 0 Å². The van der Waals surface area contributed by atoms with E-state index in [0.29, 0.717) is 12.0 Å². The van der Waals surface area contributed by atoms with E-state index in [2.05, 4.69) is 5.32 Å². The molecule has 1 aromatic rings. The van der Waals surface area contributed by atoms with Gasteiger partial charge in [-0.05, 0) is 32.0 Å². The first-order valence-electron chi connectivity index (χ1n) is 4.45. The van der Waals surface area contributed by atoms with Gasteiger partial charge in [-0.2, -0.15) is 0 Å². The molecule has 4 nitrogen and oxygen atoms in total. The van der Waals surface area contributed by atoms with Crippen molar-refractivity contribution >= 4 is 0 Å². The second-order valence-corrected chi connectivity index (χ2v) is 3.36. The van der Waals surface area contributed by atoms with Crippen LogP contribution < -0.4 is 5.32 Å². The molecule has 0 aliphatic heterocycles. The third-order valence-corrected chi connectivity index (χ3v) is 2.19. The summed E-state index contributed by atoms with van der Waals surface area (Å²) in [5, 5.41) is 30.8. The van der Waals surface area contributed by atoms with Gasteiger partial charge >= 0.3 is 0 Å². The number of phenolic OH excluding ortho intramolecular Hbond substituents is 3. The lowest BCUT2D eigenvalue weighted by Gasteiger charge is -2.12. The first-order valence-corrected chi connectivity index (χ1v) is 4.45. The average molecular weight is 197 g/mol. The summed E-state index contributed by atoms with van der Waals surface area (Å²) >= 11 is 0. The molecule has 0 radical (unpaired) electrons. The Bertz CT molecular complexity index is 325. The first-order chi connectivity index (χ1) is 6.54. The zero-order chi connectivity index (χ0) is 10.7. The van der Waals surface area contributed by atoms with Crippen molar-refractivity contribution < 1.29 is 15.3 Å². The maximum atomic E-state index is 9.46. The Labute approximate surface area is 82.8 Å². The Balaban J connectivity index is 2.92. The van der Waals surface area contributed by atoms with Crippen molar-refractivity contribution in [3.63, 3.8) is 0 Å². The number of hydrogen-bond donors (Lipinski definition) is 4. The molecule has 0 bridgehead atoms. The van der Waals surface area contributed by atoms with Gasteiger partial charge in [0.15, 0.2) is 11.5 Å². The van der Waals surface area contributed by atoms with Gasteiger partial charge < -0.3 is 20.6 Å². The van der Waals surface area contributed by atoms with E-state index in [9.17, 15) is 10.2 Å². The molecule has 1 rings (SSSR count). The smallest absolute Gasteiger partial charge is 0.161 e. The number of phenols is 3. The van der Waals surface area contributed by atoms with Gasteiger partial charge in [-0.15, -0.1) is 0 Å². The summed E-state index contributed by atoms with van der Waals surface area (Å²) in [6.45, 7) is 1.96. The Kier molecular flexibility index (Phi) is 3.19. The molecule has 0 saturated heterocycles. The van der Waals surface area contributed by atoms with E-state index in [0.717, 1.165) is 6.07 Å². The Hall–Kier alpha value is -1.42. The molecule has 0 heterocycles. The van der Waals surface area contributed by atoms with Crippen LogP contribution in [-0.4, -0.2) is 28.4 Å². The zero-order valence-corrected chi connectivity index (χ0v) is 8.28.